The molecule has 0 aromatic heterocycles. The summed E-state index contributed by atoms with van der Waals surface area (Å²) in [4.78, 5) is 34.2. The van der Waals surface area contributed by atoms with E-state index >= 15 is 0 Å². The van der Waals surface area contributed by atoms with Crippen molar-refractivity contribution in [3.8, 4) is 0 Å². The molecule has 0 saturated carbocycles. The predicted octanol–water partition coefficient (Wildman–Crippen LogP) is 1.61. The van der Waals surface area contributed by atoms with Crippen LogP contribution in [0.3, 0.4) is 0 Å². The topological polar surface area (TPSA) is 83.1 Å². The van der Waals surface area contributed by atoms with Gasteiger partial charge in [-0.2, -0.15) is 0 Å². The number of hydroxylamine groups is 4. The Morgan fingerprint density at radius 1 is 0.571 bits per heavy atom. The van der Waals surface area contributed by atoms with Crippen molar-refractivity contribution >= 4 is 11.9 Å². The third-order valence-electron chi connectivity index (χ3n) is 5.13. The van der Waals surface area contributed by atoms with Gasteiger partial charge in [-0.15, -0.1) is 10.1 Å². The number of hydrogen-bond acceptors (Lipinski definition) is 8. The van der Waals surface area contributed by atoms with Crippen molar-refractivity contribution < 1.29 is 19.3 Å². The zero-order valence-corrected chi connectivity index (χ0v) is 17.3. The third-order valence-corrected chi connectivity index (χ3v) is 5.13. The second-order valence-electron chi connectivity index (χ2n) is 7.61. The second kappa shape index (κ2) is 14.7. The maximum Gasteiger partial charge on any atom is 0.325 e. The molecule has 2 N–H and O–H groups in total. The van der Waals surface area contributed by atoms with Crippen molar-refractivity contribution in [1.29, 1.82) is 0 Å². The molecule has 162 valence electrons. The van der Waals surface area contributed by atoms with Gasteiger partial charge >= 0.3 is 11.9 Å². The van der Waals surface area contributed by atoms with E-state index in [-0.39, 0.29) is 11.9 Å². The highest BCUT2D eigenvalue weighted by atomic mass is 16.7. The maximum absolute atomic E-state index is 11.8. The maximum atomic E-state index is 11.8. The van der Waals surface area contributed by atoms with Gasteiger partial charge in [0.25, 0.3) is 0 Å². The van der Waals surface area contributed by atoms with E-state index in [1.54, 1.807) is 10.1 Å². The summed E-state index contributed by atoms with van der Waals surface area (Å²) >= 11 is 0. The lowest BCUT2D eigenvalue weighted by atomic mass is 10.1. The first kappa shape index (κ1) is 23.1. The van der Waals surface area contributed by atoms with E-state index in [1.165, 1.54) is 12.8 Å². The van der Waals surface area contributed by atoms with E-state index in [2.05, 4.69) is 10.6 Å². The van der Waals surface area contributed by atoms with E-state index in [4.69, 9.17) is 9.68 Å². The van der Waals surface area contributed by atoms with Gasteiger partial charge in [-0.3, -0.25) is 9.59 Å². The summed E-state index contributed by atoms with van der Waals surface area (Å²) in [6.07, 6.45) is 9.69. The molecule has 2 aliphatic rings. The van der Waals surface area contributed by atoms with Crippen LogP contribution in [-0.2, 0) is 19.3 Å². The van der Waals surface area contributed by atoms with E-state index < -0.39 is 0 Å². The summed E-state index contributed by atoms with van der Waals surface area (Å²) in [7, 11) is 0. The summed E-state index contributed by atoms with van der Waals surface area (Å²) < 4.78 is 0. The largest absolute Gasteiger partial charge is 0.368 e. The second-order valence-corrected chi connectivity index (χ2v) is 7.61. The molecule has 8 heteroatoms. The molecule has 2 aliphatic heterocycles. The molecule has 0 aromatic rings. The molecule has 28 heavy (non-hydrogen) atoms. The molecule has 2 rings (SSSR count). The number of rotatable bonds is 13. The molecule has 2 fully saturated rings. The van der Waals surface area contributed by atoms with Crippen LogP contribution in [0, 0.1) is 0 Å². The first-order valence-electron chi connectivity index (χ1n) is 11.1. The van der Waals surface area contributed by atoms with Gasteiger partial charge in [-0.1, -0.05) is 38.5 Å². The van der Waals surface area contributed by atoms with Crippen LogP contribution in [0.15, 0.2) is 0 Å². The van der Waals surface area contributed by atoms with Crippen LogP contribution in [0.2, 0.25) is 0 Å². The summed E-state index contributed by atoms with van der Waals surface area (Å²) in [6.45, 7) is 6.63. The fourth-order valence-corrected chi connectivity index (χ4v) is 3.45. The lowest BCUT2D eigenvalue weighted by Crippen LogP contribution is -2.44. The fraction of sp³-hybridized carbons (Fsp3) is 0.900. The van der Waals surface area contributed by atoms with Crippen molar-refractivity contribution in [3.05, 3.63) is 0 Å². The molecule has 0 atom stereocenters. The Morgan fingerprint density at radius 2 is 0.893 bits per heavy atom. The highest BCUT2D eigenvalue weighted by Gasteiger charge is 2.15. The Labute approximate surface area is 169 Å². The van der Waals surface area contributed by atoms with Gasteiger partial charge in [0.1, 0.15) is 0 Å². The number of carbonyl (C=O) groups is 2. The van der Waals surface area contributed by atoms with Gasteiger partial charge in [-0.25, -0.2) is 0 Å². The number of piperazine rings is 2. The van der Waals surface area contributed by atoms with Gasteiger partial charge in [-0.05, 0) is 12.8 Å². The zero-order valence-electron chi connectivity index (χ0n) is 17.3. The Kier molecular flexibility index (Phi) is 12.1. The monoisotopic (exact) mass is 398 g/mol. The smallest absolute Gasteiger partial charge is 0.325 e. The van der Waals surface area contributed by atoms with E-state index in [0.717, 1.165) is 90.9 Å². The van der Waals surface area contributed by atoms with Crippen molar-refractivity contribution in [2.45, 2.75) is 64.2 Å². The molecule has 0 amide bonds. The molecule has 0 spiro atoms. The minimum atomic E-state index is -0.102. The number of nitrogens with zero attached hydrogens (tertiary/aromatic N) is 2. The average molecular weight is 399 g/mol. The van der Waals surface area contributed by atoms with E-state index in [0.29, 0.717) is 12.8 Å². The van der Waals surface area contributed by atoms with Crippen molar-refractivity contribution in [2.75, 3.05) is 52.4 Å². The predicted molar refractivity (Wildman–Crippen MR) is 107 cm³/mol. The van der Waals surface area contributed by atoms with Gasteiger partial charge in [0.2, 0.25) is 0 Å². The quantitative estimate of drug-likeness (QED) is 0.453. The van der Waals surface area contributed by atoms with Crippen molar-refractivity contribution in [3.63, 3.8) is 0 Å². The third kappa shape index (κ3) is 10.9. The number of hydrogen-bond donors (Lipinski definition) is 2. The molecule has 2 heterocycles. The molecule has 0 radical (unpaired) electrons. The van der Waals surface area contributed by atoms with Crippen molar-refractivity contribution in [2.24, 2.45) is 0 Å². The van der Waals surface area contributed by atoms with Crippen LogP contribution in [-0.4, -0.2) is 74.4 Å². The molecular weight excluding hydrogens is 360 g/mol. The van der Waals surface area contributed by atoms with Crippen LogP contribution < -0.4 is 10.6 Å². The lowest BCUT2D eigenvalue weighted by Gasteiger charge is -2.25. The molecule has 0 bridgehead atoms. The van der Waals surface area contributed by atoms with Crippen molar-refractivity contribution in [1.82, 2.24) is 20.8 Å². The fourth-order valence-electron chi connectivity index (χ4n) is 3.45. The van der Waals surface area contributed by atoms with E-state index in [9.17, 15) is 9.59 Å². The van der Waals surface area contributed by atoms with Crippen LogP contribution in [0.4, 0.5) is 0 Å². The molecule has 0 aromatic carbocycles. The summed E-state index contributed by atoms with van der Waals surface area (Å²) in [5.74, 6) is -0.204. The summed E-state index contributed by atoms with van der Waals surface area (Å²) in [6, 6.07) is 0. The molecule has 0 aliphatic carbocycles. The number of unbranched alkanes of at least 4 members (excludes halogenated alkanes) is 7. The van der Waals surface area contributed by atoms with Gasteiger partial charge < -0.3 is 20.3 Å². The standard InChI is InChI=1S/C20H38N4O4/c25-19(27-23-15-11-21-12-16-23)9-7-5-3-1-2-4-6-8-10-20(26)28-24-17-13-22-14-18-24/h21-22H,1-18H2. The first-order chi connectivity index (χ1) is 13.7. The summed E-state index contributed by atoms with van der Waals surface area (Å²) in [5, 5.41) is 9.99. The van der Waals surface area contributed by atoms with E-state index in [1.807, 2.05) is 0 Å². The summed E-state index contributed by atoms with van der Waals surface area (Å²) in [5.41, 5.74) is 0. The normalized spacial score (nSPS) is 18.7. The molecule has 2 saturated heterocycles. The van der Waals surface area contributed by atoms with Crippen LogP contribution in [0.5, 0.6) is 0 Å². The van der Waals surface area contributed by atoms with Crippen LogP contribution in [0.1, 0.15) is 64.2 Å². The number of carbonyl (C=O) groups excluding carboxylic acids is 2. The Hall–Kier alpha value is -1.22. The SMILES string of the molecule is O=C(CCCCCCCCCCC(=O)ON1CCNCC1)ON1CCNCC1. The highest BCUT2D eigenvalue weighted by molar-refractivity contribution is 5.69. The Morgan fingerprint density at radius 3 is 1.25 bits per heavy atom. The molecule has 0 unspecified atom stereocenters. The Bertz CT molecular complexity index is 398. The minimum Gasteiger partial charge on any atom is -0.368 e. The number of nitrogens with one attached hydrogen (secondary N) is 2. The first-order valence-corrected chi connectivity index (χ1v) is 11.1. The molecular formula is C20H38N4O4. The highest BCUT2D eigenvalue weighted by Crippen LogP contribution is 2.12. The molecule has 8 nitrogen and oxygen atoms in total. The van der Waals surface area contributed by atoms with Gasteiger partial charge in [0, 0.05) is 65.2 Å². The van der Waals surface area contributed by atoms with Gasteiger partial charge in [0.05, 0.1) is 0 Å². The average Bonchev–Trinajstić information content (AvgIpc) is 2.71. The zero-order chi connectivity index (χ0) is 19.9. The minimum absolute atomic E-state index is 0.102. The van der Waals surface area contributed by atoms with Gasteiger partial charge in [0.15, 0.2) is 0 Å². The van der Waals surface area contributed by atoms with Crippen LogP contribution >= 0.6 is 0 Å². The lowest BCUT2D eigenvalue weighted by molar-refractivity contribution is -0.193. The van der Waals surface area contributed by atoms with Crippen LogP contribution in [0.25, 0.3) is 0 Å². The Balaban J connectivity index is 1.32.